The van der Waals surface area contributed by atoms with Crippen LogP contribution in [0.2, 0.25) is 0 Å². The first kappa shape index (κ1) is 13.2. The monoisotopic (exact) mass is 332 g/mol. The highest BCUT2D eigenvalue weighted by Gasteiger charge is 2.19. The van der Waals surface area contributed by atoms with E-state index in [4.69, 9.17) is 0 Å². The quantitative estimate of drug-likeness (QED) is 0.636. The number of hydrogen-bond donors (Lipinski definition) is 0. The largest absolute Gasteiger partial charge is 0.0921 e. The Kier molecular flexibility index (Phi) is 5.91. The van der Waals surface area contributed by atoms with Crippen LogP contribution in [0.25, 0.3) is 0 Å². The molecule has 1 rings (SSSR count). The van der Waals surface area contributed by atoms with Gasteiger partial charge in [-0.05, 0) is 29.5 Å². The van der Waals surface area contributed by atoms with Crippen LogP contribution in [0.15, 0.2) is 28.7 Å². The molecule has 0 aliphatic rings. The molecular formula is C13H18Br2. The minimum Gasteiger partial charge on any atom is -0.0921 e. The standard InChI is InChI=1S/C13H18Br2/c1-3-10(4-2)13(9-14)11-6-5-7-12(15)8-11/h5-8,10,13H,3-4,9H2,1-2H3. The third-order valence-electron chi connectivity index (χ3n) is 3.06. The van der Waals surface area contributed by atoms with E-state index in [2.05, 4.69) is 70.0 Å². The number of halogens is 2. The molecule has 1 aromatic carbocycles. The number of hydrogen-bond acceptors (Lipinski definition) is 0. The maximum Gasteiger partial charge on any atom is 0.0178 e. The smallest absolute Gasteiger partial charge is 0.0178 e. The molecule has 0 aliphatic heterocycles. The van der Waals surface area contributed by atoms with Crippen LogP contribution in [0.4, 0.5) is 0 Å². The second-order valence-corrected chi connectivity index (χ2v) is 5.46. The van der Waals surface area contributed by atoms with Crippen molar-refractivity contribution in [2.45, 2.75) is 32.6 Å². The van der Waals surface area contributed by atoms with Gasteiger partial charge in [0.2, 0.25) is 0 Å². The molecule has 0 aliphatic carbocycles. The fraction of sp³-hybridized carbons (Fsp3) is 0.538. The SMILES string of the molecule is CCC(CC)C(CBr)c1cccc(Br)c1. The van der Waals surface area contributed by atoms with Crippen molar-refractivity contribution in [3.63, 3.8) is 0 Å². The van der Waals surface area contributed by atoms with Crippen LogP contribution in [-0.2, 0) is 0 Å². The van der Waals surface area contributed by atoms with Gasteiger partial charge in [-0.3, -0.25) is 0 Å². The van der Waals surface area contributed by atoms with Gasteiger partial charge >= 0.3 is 0 Å². The van der Waals surface area contributed by atoms with Gasteiger partial charge in [0, 0.05) is 9.80 Å². The average Bonchev–Trinajstić information content (AvgIpc) is 2.25. The van der Waals surface area contributed by atoms with Crippen LogP contribution in [0, 0.1) is 5.92 Å². The van der Waals surface area contributed by atoms with Crippen LogP contribution < -0.4 is 0 Å². The fourth-order valence-corrected chi connectivity index (χ4v) is 3.40. The molecule has 0 saturated heterocycles. The molecule has 15 heavy (non-hydrogen) atoms. The van der Waals surface area contributed by atoms with E-state index in [0.717, 1.165) is 11.2 Å². The van der Waals surface area contributed by atoms with E-state index in [1.54, 1.807) is 0 Å². The molecule has 0 aromatic heterocycles. The Labute approximate surface area is 110 Å². The summed E-state index contributed by atoms with van der Waals surface area (Å²) in [6, 6.07) is 8.68. The molecular weight excluding hydrogens is 316 g/mol. The summed E-state index contributed by atoms with van der Waals surface area (Å²) in [7, 11) is 0. The second-order valence-electron chi connectivity index (χ2n) is 3.89. The molecule has 84 valence electrons. The number of alkyl halides is 1. The third-order valence-corrected chi connectivity index (χ3v) is 4.25. The molecule has 0 fully saturated rings. The molecule has 0 nitrogen and oxygen atoms in total. The normalized spacial score (nSPS) is 13.1. The Hall–Kier alpha value is 0.180. The highest BCUT2D eigenvalue weighted by Crippen LogP contribution is 2.32. The first-order valence-corrected chi connectivity index (χ1v) is 7.45. The minimum atomic E-state index is 0.637. The lowest BCUT2D eigenvalue weighted by Crippen LogP contribution is -2.13. The Morgan fingerprint density at radius 1 is 1.20 bits per heavy atom. The van der Waals surface area contributed by atoms with Gasteiger partial charge in [0.1, 0.15) is 0 Å². The zero-order valence-electron chi connectivity index (χ0n) is 9.34. The highest BCUT2D eigenvalue weighted by atomic mass is 79.9. The first-order valence-electron chi connectivity index (χ1n) is 5.54. The molecule has 0 radical (unpaired) electrons. The molecule has 0 bridgehead atoms. The second kappa shape index (κ2) is 6.70. The Morgan fingerprint density at radius 2 is 1.87 bits per heavy atom. The lowest BCUT2D eigenvalue weighted by molar-refractivity contribution is 0.425. The maximum atomic E-state index is 3.64. The minimum absolute atomic E-state index is 0.637. The first-order chi connectivity index (χ1) is 7.22. The molecule has 1 unspecified atom stereocenters. The van der Waals surface area contributed by atoms with Gasteiger partial charge in [0.25, 0.3) is 0 Å². The maximum absolute atomic E-state index is 3.64. The molecule has 1 aromatic rings. The number of rotatable bonds is 5. The zero-order valence-corrected chi connectivity index (χ0v) is 12.5. The molecule has 0 saturated carbocycles. The Balaban J connectivity index is 2.90. The van der Waals surface area contributed by atoms with Gasteiger partial charge in [-0.15, -0.1) is 0 Å². The molecule has 0 heterocycles. The summed E-state index contributed by atoms with van der Waals surface area (Å²) >= 11 is 7.18. The molecule has 0 amide bonds. The Morgan fingerprint density at radius 3 is 2.33 bits per heavy atom. The van der Waals surface area contributed by atoms with Crippen molar-refractivity contribution in [3.05, 3.63) is 34.3 Å². The molecule has 1 atom stereocenters. The van der Waals surface area contributed by atoms with Crippen molar-refractivity contribution in [1.29, 1.82) is 0 Å². The van der Waals surface area contributed by atoms with Gasteiger partial charge < -0.3 is 0 Å². The molecule has 0 spiro atoms. The van der Waals surface area contributed by atoms with Crippen LogP contribution in [0.1, 0.15) is 38.2 Å². The lowest BCUT2D eigenvalue weighted by Gasteiger charge is -2.24. The zero-order chi connectivity index (χ0) is 11.3. The summed E-state index contributed by atoms with van der Waals surface area (Å²) in [6.07, 6.45) is 2.50. The number of benzene rings is 1. The van der Waals surface area contributed by atoms with Gasteiger partial charge in [-0.25, -0.2) is 0 Å². The van der Waals surface area contributed by atoms with Crippen LogP contribution in [-0.4, -0.2) is 5.33 Å². The van der Waals surface area contributed by atoms with E-state index in [9.17, 15) is 0 Å². The predicted octanol–water partition coefficient (Wildman–Crippen LogP) is 5.36. The predicted molar refractivity (Wildman–Crippen MR) is 74.7 cm³/mol. The molecule has 2 heteroatoms. The van der Waals surface area contributed by atoms with E-state index in [-0.39, 0.29) is 0 Å². The van der Waals surface area contributed by atoms with E-state index < -0.39 is 0 Å². The van der Waals surface area contributed by atoms with E-state index >= 15 is 0 Å². The van der Waals surface area contributed by atoms with Gasteiger partial charge in [0.15, 0.2) is 0 Å². The van der Waals surface area contributed by atoms with Crippen molar-refractivity contribution in [2.75, 3.05) is 5.33 Å². The van der Waals surface area contributed by atoms with Crippen LogP contribution in [0.5, 0.6) is 0 Å². The van der Waals surface area contributed by atoms with Crippen molar-refractivity contribution in [1.82, 2.24) is 0 Å². The highest BCUT2D eigenvalue weighted by molar-refractivity contribution is 9.10. The Bertz CT molecular complexity index is 292. The van der Waals surface area contributed by atoms with Gasteiger partial charge in [-0.1, -0.05) is 70.7 Å². The van der Waals surface area contributed by atoms with Crippen molar-refractivity contribution >= 4 is 31.9 Å². The summed E-state index contributed by atoms with van der Waals surface area (Å²) in [4.78, 5) is 0. The summed E-state index contributed by atoms with van der Waals surface area (Å²) in [5, 5.41) is 1.05. The van der Waals surface area contributed by atoms with Gasteiger partial charge in [-0.2, -0.15) is 0 Å². The van der Waals surface area contributed by atoms with Crippen LogP contribution >= 0.6 is 31.9 Å². The van der Waals surface area contributed by atoms with Crippen LogP contribution in [0.3, 0.4) is 0 Å². The third kappa shape index (κ3) is 3.60. The topological polar surface area (TPSA) is 0 Å². The average molecular weight is 334 g/mol. The van der Waals surface area contributed by atoms with Crippen molar-refractivity contribution < 1.29 is 0 Å². The summed E-state index contributed by atoms with van der Waals surface area (Å²) in [5.74, 6) is 1.41. The summed E-state index contributed by atoms with van der Waals surface area (Å²) in [5.41, 5.74) is 1.44. The van der Waals surface area contributed by atoms with Crippen molar-refractivity contribution in [3.8, 4) is 0 Å². The van der Waals surface area contributed by atoms with E-state index in [1.165, 1.54) is 22.9 Å². The lowest BCUT2D eigenvalue weighted by atomic mass is 9.84. The summed E-state index contributed by atoms with van der Waals surface area (Å²) < 4.78 is 1.18. The van der Waals surface area contributed by atoms with Gasteiger partial charge in [0.05, 0.1) is 0 Å². The summed E-state index contributed by atoms with van der Waals surface area (Å²) in [6.45, 7) is 4.56. The van der Waals surface area contributed by atoms with E-state index in [0.29, 0.717) is 5.92 Å². The fourth-order valence-electron chi connectivity index (χ4n) is 2.08. The van der Waals surface area contributed by atoms with Crippen molar-refractivity contribution in [2.24, 2.45) is 5.92 Å². The van der Waals surface area contributed by atoms with E-state index in [1.807, 2.05) is 0 Å². The molecule has 0 N–H and O–H groups in total.